The zero-order chi connectivity index (χ0) is 15.2. The van der Waals surface area contributed by atoms with E-state index in [1.165, 1.54) is 25.3 Å². The Morgan fingerprint density at radius 1 is 1.10 bits per heavy atom. The molecule has 2 aromatic rings. The molecular formula is C17H16O4. The summed E-state index contributed by atoms with van der Waals surface area (Å²) in [5, 5.41) is 9.83. The summed E-state index contributed by atoms with van der Waals surface area (Å²) in [5.74, 6) is 0.781. The van der Waals surface area contributed by atoms with Gasteiger partial charge in [0, 0.05) is 11.6 Å². The molecule has 4 nitrogen and oxygen atoms in total. The summed E-state index contributed by atoms with van der Waals surface area (Å²) < 4.78 is 10.2. The van der Waals surface area contributed by atoms with Crippen LogP contribution in [0.25, 0.3) is 6.08 Å². The number of rotatable bonds is 5. The Bertz CT molecular complexity index is 674. The number of methoxy groups -OCH3 is 2. The zero-order valence-electron chi connectivity index (χ0n) is 11.9. The summed E-state index contributed by atoms with van der Waals surface area (Å²) in [6.45, 7) is 0. The van der Waals surface area contributed by atoms with Gasteiger partial charge in [-0.05, 0) is 30.4 Å². The minimum absolute atomic E-state index is 0.107. The Balaban J connectivity index is 2.23. The first-order valence-corrected chi connectivity index (χ1v) is 6.38. The molecule has 4 heteroatoms. The van der Waals surface area contributed by atoms with Crippen molar-refractivity contribution in [2.24, 2.45) is 0 Å². The number of allylic oxidation sites excluding steroid dienone is 1. The van der Waals surface area contributed by atoms with Gasteiger partial charge >= 0.3 is 0 Å². The Morgan fingerprint density at radius 3 is 2.52 bits per heavy atom. The summed E-state index contributed by atoms with van der Waals surface area (Å²) in [4.78, 5) is 12.1. The van der Waals surface area contributed by atoms with Crippen molar-refractivity contribution in [3.05, 3.63) is 59.7 Å². The van der Waals surface area contributed by atoms with E-state index in [4.69, 9.17) is 9.47 Å². The van der Waals surface area contributed by atoms with Crippen molar-refractivity contribution in [3.8, 4) is 17.2 Å². The van der Waals surface area contributed by atoms with Crippen molar-refractivity contribution in [1.29, 1.82) is 0 Å². The zero-order valence-corrected chi connectivity index (χ0v) is 11.9. The maximum atomic E-state index is 12.1. The van der Waals surface area contributed by atoms with Crippen LogP contribution in [-0.4, -0.2) is 25.1 Å². The maximum Gasteiger partial charge on any atom is 0.189 e. The number of benzene rings is 2. The van der Waals surface area contributed by atoms with Gasteiger partial charge in [-0.25, -0.2) is 0 Å². The van der Waals surface area contributed by atoms with Gasteiger partial charge in [0.25, 0.3) is 0 Å². The van der Waals surface area contributed by atoms with Crippen LogP contribution in [0.1, 0.15) is 15.9 Å². The van der Waals surface area contributed by atoms with Gasteiger partial charge in [0.05, 0.1) is 19.8 Å². The molecule has 0 fully saturated rings. The fraction of sp³-hybridized carbons (Fsp3) is 0.118. The number of ether oxygens (including phenoxy) is 2. The molecule has 0 heterocycles. The van der Waals surface area contributed by atoms with Crippen molar-refractivity contribution in [2.75, 3.05) is 14.2 Å². The number of phenolic OH excluding ortho intramolecular Hbond substituents is 1. The van der Waals surface area contributed by atoms with Gasteiger partial charge in [0.1, 0.15) is 17.2 Å². The van der Waals surface area contributed by atoms with Crippen LogP contribution in [-0.2, 0) is 0 Å². The van der Waals surface area contributed by atoms with Crippen LogP contribution in [0.2, 0.25) is 0 Å². The molecule has 2 aromatic carbocycles. The first-order valence-electron chi connectivity index (χ1n) is 6.38. The second-order valence-electron chi connectivity index (χ2n) is 4.32. The number of para-hydroxylation sites is 1. The predicted molar refractivity (Wildman–Crippen MR) is 81.0 cm³/mol. The third kappa shape index (κ3) is 3.42. The molecule has 0 aliphatic heterocycles. The summed E-state index contributed by atoms with van der Waals surface area (Å²) in [6, 6.07) is 11.9. The minimum Gasteiger partial charge on any atom is -0.507 e. The monoisotopic (exact) mass is 284 g/mol. The molecule has 0 aromatic heterocycles. The third-order valence-electron chi connectivity index (χ3n) is 3.02. The molecule has 0 atom stereocenters. The van der Waals surface area contributed by atoms with E-state index in [0.29, 0.717) is 11.5 Å². The van der Waals surface area contributed by atoms with Crippen molar-refractivity contribution >= 4 is 11.9 Å². The minimum atomic E-state index is -0.291. The van der Waals surface area contributed by atoms with Crippen molar-refractivity contribution in [1.82, 2.24) is 0 Å². The van der Waals surface area contributed by atoms with Crippen LogP contribution >= 0.6 is 0 Å². The maximum absolute atomic E-state index is 12.1. The van der Waals surface area contributed by atoms with Crippen LogP contribution in [0.3, 0.4) is 0 Å². The average molecular weight is 284 g/mol. The van der Waals surface area contributed by atoms with Crippen LogP contribution < -0.4 is 9.47 Å². The van der Waals surface area contributed by atoms with Crippen LogP contribution in [0.15, 0.2) is 48.5 Å². The first kappa shape index (κ1) is 14.7. The quantitative estimate of drug-likeness (QED) is 0.676. The van der Waals surface area contributed by atoms with Crippen molar-refractivity contribution in [2.45, 2.75) is 0 Å². The smallest absolute Gasteiger partial charge is 0.189 e. The summed E-state index contributed by atoms with van der Waals surface area (Å²) in [6.07, 6.45) is 3.06. The number of ketones is 1. The lowest BCUT2D eigenvalue weighted by Crippen LogP contribution is -1.96. The molecule has 0 unspecified atom stereocenters. The number of hydrogen-bond acceptors (Lipinski definition) is 4. The van der Waals surface area contributed by atoms with Gasteiger partial charge in [0.15, 0.2) is 5.78 Å². The van der Waals surface area contributed by atoms with Gasteiger partial charge in [0.2, 0.25) is 0 Å². The van der Waals surface area contributed by atoms with E-state index in [1.807, 2.05) is 24.3 Å². The Labute approximate surface area is 123 Å². The highest BCUT2D eigenvalue weighted by Gasteiger charge is 2.09. The molecule has 0 saturated carbocycles. The standard InChI is InChI=1S/C17H16O4/c1-20-13-8-9-14(16(19)11-13)15(18)10-7-12-5-3-4-6-17(12)21-2/h3-11,19H,1-2H3/b10-7+. The van der Waals surface area contributed by atoms with Gasteiger partial charge < -0.3 is 14.6 Å². The van der Waals surface area contributed by atoms with Crippen LogP contribution in [0, 0.1) is 0 Å². The van der Waals surface area contributed by atoms with Gasteiger partial charge in [-0.2, -0.15) is 0 Å². The second kappa shape index (κ2) is 6.61. The lowest BCUT2D eigenvalue weighted by molar-refractivity contribution is 0.104. The number of aromatic hydroxyl groups is 1. The SMILES string of the molecule is COc1ccc(C(=O)/C=C/c2ccccc2OC)c(O)c1. The predicted octanol–water partition coefficient (Wildman–Crippen LogP) is 3.31. The Hall–Kier alpha value is -2.75. The highest BCUT2D eigenvalue weighted by Crippen LogP contribution is 2.25. The van der Waals surface area contributed by atoms with Gasteiger partial charge in [-0.3, -0.25) is 4.79 Å². The lowest BCUT2D eigenvalue weighted by atomic mass is 10.1. The van der Waals surface area contributed by atoms with E-state index >= 15 is 0 Å². The van der Waals surface area contributed by atoms with E-state index in [1.54, 1.807) is 19.3 Å². The summed E-state index contributed by atoms with van der Waals surface area (Å²) in [5.41, 5.74) is 1.02. The van der Waals surface area contributed by atoms with E-state index in [9.17, 15) is 9.90 Å². The number of carbonyl (C=O) groups is 1. The molecule has 21 heavy (non-hydrogen) atoms. The number of carbonyl (C=O) groups excluding carboxylic acids is 1. The van der Waals surface area contributed by atoms with Crippen LogP contribution in [0.5, 0.6) is 17.2 Å². The van der Waals surface area contributed by atoms with E-state index in [-0.39, 0.29) is 17.1 Å². The molecule has 1 N–H and O–H groups in total. The molecule has 2 rings (SSSR count). The van der Waals surface area contributed by atoms with Crippen molar-refractivity contribution in [3.63, 3.8) is 0 Å². The van der Waals surface area contributed by atoms with Gasteiger partial charge in [-0.1, -0.05) is 18.2 Å². The summed E-state index contributed by atoms with van der Waals surface area (Å²) in [7, 11) is 3.07. The fourth-order valence-electron chi connectivity index (χ4n) is 1.91. The lowest BCUT2D eigenvalue weighted by Gasteiger charge is -2.05. The molecule has 0 aliphatic rings. The highest BCUT2D eigenvalue weighted by molar-refractivity contribution is 6.08. The fourth-order valence-corrected chi connectivity index (χ4v) is 1.91. The largest absolute Gasteiger partial charge is 0.507 e. The third-order valence-corrected chi connectivity index (χ3v) is 3.02. The number of phenols is 1. The Kier molecular flexibility index (Phi) is 4.61. The first-order chi connectivity index (χ1) is 10.2. The molecular weight excluding hydrogens is 268 g/mol. The van der Waals surface area contributed by atoms with Crippen LogP contribution in [0.4, 0.5) is 0 Å². The highest BCUT2D eigenvalue weighted by atomic mass is 16.5. The molecule has 108 valence electrons. The second-order valence-corrected chi connectivity index (χ2v) is 4.32. The molecule has 0 bridgehead atoms. The topological polar surface area (TPSA) is 55.8 Å². The number of hydrogen-bond donors (Lipinski definition) is 1. The molecule has 0 aliphatic carbocycles. The normalized spacial score (nSPS) is 10.6. The molecule has 0 spiro atoms. The van der Waals surface area contributed by atoms with Crippen molar-refractivity contribution < 1.29 is 19.4 Å². The molecule has 0 radical (unpaired) electrons. The average Bonchev–Trinajstić information content (AvgIpc) is 2.52. The summed E-state index contributed by atoms with van der Waals surface area (Å²) >= 11 is 0. The molecule has 0 amide bonds. The van der Waals surface area contributed by atoms with E-state index < -0.39 is 0 Å². The Morgan fingerprint density at radius 2 is 1.86 bits per heavy atom. The van der Waals surface area contributed by atoms with Gasteiger partial charge in [-0.15, -0.1) is 0 Å². The molecule has 0 saturated heterocycles. The van der Waals surface area contributed by atoms with E-state index in [2.05, 4.69) is 0 Å². The van der Waals surface area contributed by atoms with E-state index in [0.717, 1.165) is 5.56 Å².